The lowest BCUT2D eigenvalue weighted by molar-refractivity contribution is -0.118. The number of hydrogen-bond donors (Lipinski definition) is 3. The zero-order chi connectivity index (χ0) is 15.4. The van der Waals surface area contributed by atoms with Gasteiger partial charge in [-0.15, -0.1) is 0 Å². The predicted octanol–water partition coefficient (Wildman–Crippen LogP) is 0.670. The van der Waals surface area contributed by atoms with Crippen molar-refractivity contribution < 1.29 is 14.3 Å². The minimum atomic E-state index is -0.266. The topological polar surface area (TPSA) is 79.5 Å². The quantitative estimate of drug-likeness (QED) is 0.762. The first-order chi connectivity index (χ1) is 10.0. The molecular formula is C15H21N3O3. The second kappa shape index (κ2) is 6.69. The highest BCUT2D eigenvalue weighted by Gasteiger charge is 2.29. The van der Waals surface area contributed by atoms with E-state index in [1.54, 1.807) is 26.3 Å². The van der Waals surface area contributed by atoms with Crippen LogP contribution in [0.4, 0.5) is 5.69 Å². The van der Waals surface area contributed by atoms with Gasteiger partial charge in [0.05, 0.1) is 12.1 Å². The number of methoxy groups -OCH3 is 1. The summed E-state index contributed by atoms with van der Waals surface area (Å²) < 4.78 is 5.24. The van der Waals surface area contributed by atoms with Crippen molar-refractivity contribution in [2.45, 2.75) is 25.5 Å². The molecule has 6 heteroatoms. The minimum absolute atomic E-state index is 0.0686. The van der Waals surface area contributed by atoms with Crippen molar-refractivity contribution in [1.29, 1.82) is 0 Å². The van der Waals surface area contributed by atoms with Gasteiger partial charge in [0.25, 0.3) is 5.91 Å². The fraction of sp³-hybridized carbons (Fsp3) is 0.467. The molecule has 2 atom stereocenters. The summed E-state index contributed by atoms with van der Waals surface area (Å²) in [6, 6.07) is 4.98. The summed E-state index contributed by atoms with van der Waals surface area (Å²) in [4.78, 5) is 23.9. The zero-order valence-electron chi connectivity index (χ0n) is 12.5. The van der Waals surface area contributed by atoms with Gasteiger partial charge in [-0.3, -0.25) is 9.59 Å². The molecule has 1 aromatic rings. The van der Waals surface area contributed by atoms with E-state index in [9.17, 15) is 9.59 Å². The molecule has 1 aliphatic heterocycles. The molecule has 2 amide bonds. The normalized spacial score (nSPS) is 21.1. The van der Waals surface area contributed by atoms with E-state index >= 15 is 0 Å². The Labute approximate surface area is 124 Å². The average Bonchev–Trinajstić information content (AvgIpc) is 2.97. The average molecular weight is 291 g/mol. The summed E-state index contributed by atoms with van der Waals surface area (Å²) in [5, 5.41) is 8.58. The third-order valence-corrected chi connectivity index (χ3v) is 3.73. The van der Waals surface area contributed by atoms with Gasteiger partial charge in [0, 0.05) is 32.0 Å². The van der Waals surface area contributed by atoms with E-state index in [0.29, 0.717) is 24.2 Å². The number of aryl methyl sites for hydroxylation is 1. The van der Waals surface area contributed by atoms with Crippen LogP contribution in [0.2, 0.25) is 0 Å². The van der Waals surface area contributed by atoms with Crippen LogP contribution in [0.1, 0.15) is 22.3 Å². The van der Waals surface area contributed by atoms with Crippen LogP contribution in [0.15, 0.2) is 18.2 Å². The van der Waals surface area contributed by atoms with Gasteiger partial charge in [-0.05, 0) is 31.0 Å². The van der Waals surface area contributed by atoms with Crippen molar-refractivity contribution in [3.05, 3.63) is 29.3 Å². The molecule has 1 heterocycles. The highest BCUT2D eigenvalue weighted by atomic mass is 16.5. The molecule has 0 spiro atoms. The number of amides is 2. The zero-order valence-corrected chi connectivity index (χ0v) is 12.5. The van der Waals surface area contributed by atoms with Crippen molar-refractivity contribution in [3.8, 4) is 0 Å². The Kier molecular flexibility index (Phi) is 4.93. The Balaban J connectivity index is 2.08. The molecule has 6 nitrogen and oxygen atoms in total. The summed E-state index contributed by atoms with van der Waals surface area (Å²) in [7, 11) is 3.22. The Bertz CT molecular complexity index is 545. The van der Waals surface area contributed by atoms with E-state index in [4.69, 9.17) is 4.74 Å². The number of hydrogen-bond acceptors (Lipinski definition) is 4. The Morgan fingerprint density at radius 1 is 1.38 bits per heavy atom. The molecule has 114 valence electrons. The standard InChI is InChI=1S/C15H21N3O3/c1-9-4-5-10(14(19)16-2)6-12(9)18-15(20)13-7-11(21-3)8-17-13/h4-6,11,13,17H,7-8H2,1-3H3,(H,16,19)(H,18,20). The minimum Gasteiger partial charge on any atom is -0.380 e. The molecule has 2 rings (SSSR count). The maximum atomic E-state index is 12.2. The van der Waals surface area contributed by atoms with Crippen LogP contribution in [-0.4, -0.2) is 44.7 Å². The Morgan fingerprint density at radius 3 is 2.76 bits per heavy atom. The van der Waals surface area contributed by atoms with E-state index in [2.05, 4.69) is 16.0 Å². The molecule has 0 aromatic heterocycles. The van der Waals surface area contributed by atoms with Gasteiger partial charge in [0.2, 0.25) is 5.91 Å². The number of benzene rings is 1. The molecule has 0 saturated carbocycles. The SMILES string of the molecule is CNC(=O)c1ccc(C)c(NC(=O)C2CC(OC)CN2)c1. The fourth-order valence-electron chi connectivity index (χ4n) is 2.34. The van der Waals surface area contributed by atoms with Gasteiger partial charge in [-0.2, -0.15) is 0 Å². The van der Waals surface area contributed by atoms with Gasteiger partial charge >= 0.3 is 0 Å². The van der Waals surface area contributed by atoms with Crippen molar-refractivity contribution >= 4 is 17.5 Å². The van der Waals surface area contributed by atoms with Crippen LogP contribution in [0.5, 0.6) is 0 Å². The number of carbonyl (C=O) groups is 2. The fourth-order valence-corrected chi connectivity index (χ4v) is 2.34. The molecule has 1 saturated heterocycles. The summed E-state index contributed by atoms with van der Waals surface area (Å²) in [6.45, 7) is 2.56. The van der Waals surface area contributed by atoms with Crippen LogP contribution >= 0.6 is 0 Å². The summed E-state index contributed by atoms with van der Waals surface area (Å²) in [6.07, 6.45) is 0.718. The van der Waals surface area contributed by atoms with Crippen molar-refractivity contribution in [2.24, 2.45) is 0 Å². The predicted molar refractivity (Wildman–Crippen MR) is 80.4 cm³/mol. The molecular weight excluding hydrogens is 270 g/mol. The summed E-state index contributed by atoms with van der Waals surface area (Å²) >= 11 is 0. The van der Waals surface area contributed by atoms with E-state index in [1.165, 1.54) is 0 Å². The summed E-state index contributed by atoms with van der Waals surface area (Å²) in [5.74, 6) is -0.282. The van der Waals surface area contributed by atoms with Crippen molar-refractivity contribution in [2.75, 3.05) is 26.0 Å². The molecule has 1 aromatic carbocycles. The maximum Gasteiger partial charge on any atom is 0.251 e. The lowest BCUT2D eigenvalue weighted by atomic mass is 10.1. The summed E-state index contributed by atoms with van der Waals surface area (Å²) in [5.41, 5.74) is 2.09. The second-order valence-corrected chi connectivity index (χ2v) is 5.15. The van der Waals surface area contributed by atoms with E-state index < -0.39 is 0 Å². The molecule has 0 bridgehead atoms. The van der Waals surface area contributed by atoms with Crippen LogP contribution in [0.3, 0.4) is 0 Å². The third-order valence-electron chi connectivity index (χ3n) is 3.73. The molecule has 1 aliphatic rings. The smallest absolute Gasteiger partial charge is 0.251 e. The van der Waals surface area contributed by atoms with Gasteiger partial charge in [-0.1, -0.05) is 6.07 Å². The van der Waals surface area contributed by atoms with Crippen LogP contribution < -0.4 is 16.0 Å². The van der Waals surface area contributed by atoms with Gasteiger partial charge in [0.1, 0.15) is 0 Å². The first-order valence-electron chi connectivity index (χ1n) is 6.95. The Morgan fingerprint density at radius 2 is 2.14 bits per heavy atom. The van der Waals surface area contributed by atoms with Crippen molar-refractivity contribution in [1.82, 2.24) is 10.6 Å². The highest BCUT2D eigenvalue weighted by molar-refractivity contribution is 5.99. The molecule has 2 unspecified atom stereocenters. The number of carbonyl (C=O) groups excluding carboxylic acids is 2. The maximum absolute atomic E-state index is 12.2. The first-order valence-corrected chi connectivity index (χ1v) is 6.95. The monoisotopic (exact) mass is 291 g/mol. The second-order valence-electron chi connectivity index (χ2n) is 5.15. The van der Waals surface area contributed by atoms with E-state index in [-0.39, 0.29) is 24.0 Å². The van der Waals surface area contributed by atoms with Crippen LogP contribution in [-0.2, 0) is 9.53 Å². The van der Waals surface area contributed by atoms with E-state index in [1.807, 2.05) is 13.0 Å². The largest absolute Gasteiger partial charge is 0.380 e. The lowest BCUT2D eigenvalue weighted by Gasteiger charge is -2.14. The molecule has 0 radical (unpaired) electrons. The highest BCUT2D eigenvalue weighted by Crippen LogP contribution is 2.19. The third kappa shape index (κ3) is 3.59. The van der Waals surface area contributed by atoms with Gasteiger partial charge < -0.3 is 20.7 Å². The van der Waals surface area contributed by atoms with E-state index in [0.717, 1.165) is 5.56 Å². The molecule has 1 fully saturated rings. The van der Waals surface area contributed by atoms with Crippen molar-refractivity contribution in [3.63, 3.8) is 0 Å². The number of anilines is 1. The number of nitrogens with one attached hydrogen (secondary N) is 3. The Hall–Kier alpha value is -1.92. The molecule has 0 aliphatic carbocycles. The van der Waals surface area contributed by atoms with Crippen LogP contribution in [0.25, 0.3) is 0 Å². The first kappa shape index (κ1) is 15.5. The van der Waals surface area contributed by atoms with Crippen LogP contribution in [0, 0.1) is 6.92 Å². The van der Waals surface area contributed by atoms with Gasteiger partial charge in [0.15, 0.2) is 0 Å². The lowest BCUT2D eigenvalue weighted by Crippen LogP contribution is -2.35. The molecule has 3 N–H and O–H groups in total. The van der Waals surface area contributed by atoms with Gasteiger partial charge in [-0.25, -0.2) is 0 Å². The molecule has 21 heavy (non-hydrogen) atoms. The number of ether oxygens (including phenoxy) is 1. The number of rotatable bonds is 4.